The molecule has 0 fully saturated rings. The van der Waals surface area contributed by atoms with E-state index in [0.717, 1.165) is 29.9 Å². The zero-order valence-corrected chi connectivity index (χ0v) is 16.6. The first-order chi connectivity index (χ1) is 13.2. The molecule has 0 saturated carbocycles. The average molecular weight is 401 g/mol. The molecule has 0 unspecified atom stereocenters. The Morgan fingerprint density at radius 3 is 2.78 bits per heavy atom. The first kappa shape index (κ1) is 19.3. The van der Waals surface area contributed by atoms with Crippen LogP contribution in [0.2, 0.25) is 5.02 Å². The summed E-state index contributed by atoms with van der Waals surface area (Å²) < 4.78 is 7.72. The maximum Gasteiger partial charge on any atom is 0.216 e. The monoisotopic (exact) mass is 400 g/mol. The highest BCUT2D eigenvalue weighted by atomic mass is 35.5. The summed E-state index contributed by atoms with van der Waals surface area (Å²) in [7, 11) is 0. The van der Waals surface area contributed by atoms with Crippen molar-refractivity contribution >= 4 is 30.0 Å². The lowest BCUT2D eigenvalue weighted by Crippen LogP contribution is -1.97. The Hall–Kier alpha value is -2.44. The Bertz CT molecular complexity index is 963. The van der Waals surface area contributed by atoms with E-state index in [2.05, 4.69) is 22.2 Å². The Labute approximate surface area is 168 Å². The van der Waals surface area contributed by atoms with Gasteiger partial charge in [-0.1, -0.05) is 43.5 Å². The predicted molar refractivity (Wildman–Crippen MR) is 112 cm³/mol. The maximum absolute atomic E-state index is 6.07. The molecule has 0 amide bonds. The fraction of sp³-hybridized carbons (Fsp3) is 0.250. The number of nitrogens with zero attached hydrogens (tertiary/aromatic N) is 3. The number of hydrogen-bond donors (Lipinski definition) is 1. The number of nitrogens with one attached hydrogen (secondary N) is 1. The second-order valence-electron chi connectivity index (χ2n) is 6.04. The number of rotatable bonds is 8. The van der Waals surface area contributed by atoms with Crippen molar-refractivity contribution in [2.45, 2.75) is 26.2 Å². The molecule has 0 spiro atoms. The maximum atomic E-state index is 6.07. The van der Waals surface area contributed by atoms with E-state index in [4.69, 9.17) is 28.6 Å². The van der Waals surface area contributed by atoms with Gasteiger partial charge < -0.3 is 4.74 Å². The molecule has 1 heterocycles. The molecular weight excluding hydrogens is 380 g/mol. The summed E-state index contributed by atoms with van der Waals surface area (Å²) in [6.45, 7) is 2.92. The van der Waals surface area contributed by atoms with Gasteiger partial charge in [0.1, 0.15) is 5.75 Å². The van der Waals surface area contributed by atoms with E-state index < -0.39 is 0 Å². The van der Waals surface area contributed by atoms with Crippen molar-refractivity contribution in [1.82, 2.24) is 14.9 Å². The van der Waals surface area contributed by atoms with Crippen LogP contribution in [-0.4, -0.2) is 27.7 Å². The molecule has 0 aliphatic heterocycles. The van der Waals surface area contributed by atoms with Crippen molar-refractivity contribution in [3.8, 4) is 17.1 Å². The van der Waals surface area contributed by atoms with Crippen molar-refractivity contribution in [2.75, 3.05) is 6.61 Å². The molecule has 27 heavy (non-hydrogen) atoms. The molecule has 2 aromatic carbocycles. The molecule has 3 aromatic rings. The van der Waals surface area contributed by atoms with Crippen LogP contribution in [0.5, 0.6) is 5.75 Å². The van der Waals surface area contributed by atoms with Crippen LogP contribution < -0.4 is 4.74 Å². The highest BCUT2D eigenvalue weighted by Crippen LogP contribution is 2.21. The molecular formula is C20H21ClN4OS. The largest absolute Gasteiger partial charge is 0.494 e. The zero-order chi connectivity index (χ0) is 19.1. The van der Waals surface area contributed by atoms with Gasteiger partial charge in [0.15, 0.2) is 5.82 Å². The SMILES string of the molecule is CCCCCOc1ccc(/C=N\n2c(-c3cccc(Cl)c3)n[nH]c2=S)cc1. The van der Waals surface area contributed by atoms with Crippen LogP contribution in [0, 0.1) is 4.77 Å². The van der Waals surface area contributed by atoms with Gasteiger partial charge in [0.2, 0.25) is 4.77 Å². The normalized spacial score (nSPS) is 11.2. The average Bonchev–Trinajstić information content (AvgIpc) is 3.05. The summed E-state index contributed by atoms with van der Waals surface area (Å²) in [5, 5.41) is 12.1. The van der Waals surface area contributed by atoms with Crippen molar-refractivity contribution in [3.63, 3.8) is 0 Å². The summed E-state index contributed by atoms with van der Waals surface area (Å²) in [6, 6.07) is 15.2. The minimum Gasteiger partial charge on any atom is -0.494 e. The van der Waals surface area contributed by atoms with Crippen LogP contribution in [0.4, 0.5) is 0 Å². The third-order valence-corrected chi connectivity index (χ3v) is 4.45. The molecule has 0 aliphatic carbocycles. The first-order valence-electron chi connectivity index (χ1n) is 8.88. The summed E-state index contributed by atoms with van der Waals surface area (Å²) in [6.07, 6.45) is 5.18. The van der Waals surface area contributed by atoms with E-state index in [1.54, 1.807) is 10.9 Å². The second kappa shape index (κ2) is 9.48. The summed E-state index contributed by atoms with van der Waals surface area (Å²) in [5.41, 5.74) is 1.78. The smallest absolute Gasteiger partial charge is 0.216 e. The molecule has 7 heteroatoms. The Balaban J connectivity index is 1.73. The lowest BCUT2D eigenvalue weighted by atomic mass is 10.2. The topological polar surface area (TPSA) is 55.2 Å². The van der Waals surface area contributed by atoms with Crippen molar-refractivity contribution in [1.29, 1.82) is 0 Å². The predicted octanol–water partition coefficient (Wildman–Crippen LogP) is 5.71. The number of hydrogen-bond acceptors (Lipinski definition) is 4. The molecule has 0 aliphatic rings. The van der Waals surface area contributed by atoms with Crippen LogP contribution >= 0.6 is 23.8 Å². The van der Waals surface area contributed by atoms with Gasteiger partial charge in [-0.05, 0) is 60.6 Å². The fourth-order valence-corrected chi connectivity index (χ4v) is 2.90. The molecule has 140 valence electrons. The fourth-order valence-electron chi connectivity index (χ4n) is 2.53. The van der Waals surface area contributed by atoms with Gasteiger partial charge >= 0.3 is 0 Å². The first-order valence-corrected chi connectivity index (χ1v) is 9.66. The number of aromatic nitrogens is 3. The number of aromatic amines is 1. The number of halogens is 1. The van der Waals surface area contributed by atoms with Crippen LogP contribution in [0.25, 0.3) is 11.4 Å². The highest BCUT2D eigenvalue weighted by Gasteiger charge is 2.08. The van der Waals surface area contributed by atoms with Crippen LogP contribution in [-0.2, 0) is 0 Å². The van der Waals surface area contributed by atoms with E-state index in [0.29, 0.717) is 15.6 Å². The third-order valence-electron chi connectivity index (χ3n) is 3.95. The number of benzene rings is 2. The number of H-pyrrole nitrogens is 1. The van der Waals surface area contributed by atoms with Crippen molar-refractivity contribution < 1.29 is 4.74 Å². The summed E-state index contributed by atoms with van der Waals surface area (Å²) >= 11 is 11.4. The van der Waals surface area contributed by atoms with E-state index in [1.165, 1.54) is 12.8 Å². The zero-order valence-electron chi connectivity index (χ0n) is 15.1. The van der Waals surface area contributed by atoms with Crippen LogP contribution in [0.1, 0.15) is 31.7 Å². The number of unbranched alkanes of at least 4 members (excludes halogenated alkanes) is 2. The van der Waals surface area contributed by atoms with E-state index in [9.17, 15) is 0 Å². The van der Waals surface area contributed by atoms with Gasteiger partial charge in [0, 0.05) is 10.6 Å². The summed E-state index contributed by atoms with van der Waals surface area (Å²) in [5.74, 6) is 1.47. The molecule has 5 nitrogen and oxygen atoms in total. The second-order valence-corrected chi connectivity index (χ2v) is 6.87. The molecule has 0 bridgehead atoms. The van der Waals surface area contributed by atoms with E-state index in [1.807, 2.05) is 48.5 Å². The molecule has 3 rings (SSSR count). The Morgan fingerprint density at radius 2 is 2.04 bits per heavy atom. The van der Waals surface area contributed by atoms with Gasteiger partial charge in [-0.2, -0.15) is 14.9 Å². The molecule has 1 aromatic heterocycles. The third kappa shape index (κ3) is 5.28. The quantitative estimate of drug-likeness (QED) is 0.299. The minimum absolute atomic E-state index is 0.414. The van der Waals surface area contributed by atoms with Gasteiger partial charge in [0.05, 0.1) is 12.8 Å². The number of ether oxygens (including phenoxy) is 1. The lowest BCUT2D eigenvalue weighted by molar-refractivity contribution is 0.306. The molecule has 0 radical (unpaired) electrons. The van der Waals surface area contributed by atoms with Crippen molar-refractivity contribution in [2.24, 2.45) is 5.10 Å². The van der Waals surface area contributed by atoms with Gasteiger partial charge in [0.25, 0.3) is 0 Å². The van der Waals surface area contributed by atoms with Crippen LogP contribution in [0.3, 0.4) is 0 Å². The highest BCUT2D eigenvalue weighted by molar-refractivity contribution is 7.71. The van der Waals surface area contributed by atoms with Crippen LogP contribution in [0.15, 0.2) is 53.6 Å². The van der Waals surface area contributed by atoms with E-state index in [-0.39, 0.29) is 0 Å². The van der Waals surface area contributed by atoms with Gasteiger partial charge in [-0.3, -0.25) is 0 Å². The minimum atomic E-state index is 0.414. The van der Waals surface area contributed by atoms with E-state index >= 15 is 0 Å². The van der Waals surface area contributed by atoms with Crippen molar-refractivity contribution in [3.05, 3.63) is 63.9 Å². The standard InChI is InChI=1S/C20H21ClN4OS/c1-2-3-4-12-26-18-10-8-15(9-11-18)14-22-25-19(23-24-20(25)27)16-6-5-7-17(21)13-16/h5-11,13-14H,2-4,12H2,1H3,(H,24,27)/b22-14-. The van der Waals surface area contributed by atoms with Gasteiger partial charge in [-0.15, -0.1) is 0 Å². The Kier molecular flexibility index (Phi) is 6.79. The molecule has 0 saturated heterocycles. The molecule has 1 N–H and O–H groups in total. The lowest BCUT2D eigenvalue weighted by Gasteiger charge is -2.05. The van der Waals surface area contributed by atoms with Gasteiger partial charge in [-0.25, -0.2) is 5.10 Å². The molecule has 0 atom stereocenters. The Morgan fingerprint density at radius 1 is 1.22 bits per heavy atom. The summed E-state index contributed by atoms with van der Waals surface area (Å²) in [4.78, 5) is 0.